The summed E-state index contributed by atoms with van der Waals surface area (Å²) < 4.78 is 13.2. The molecule has 1 aromatic rings. The molecule has 1 heteroatoms. The first-order chi connectivity index (χ1) is 7.70. The molecule has 1 aromatic carbocycles. The molecule has 0 spiro atoms. The molecule has 16 heavy (non-hydrogen) atoms. The minimum atomic E-state index is -0.0931. The van der Waals surface area contributed by atoms with E-state index in [1.165, 1.54) is 36.8 Å². The molecular weight excluding hydrogens is 199 g/mol. The van der Waals surface area contributed by atoms with Crippen LogP contribution in [0.1, 0.15) is 56.6 Å². The van der Waals surface area contributed by atoms with Crippen molar-refractivity contribution in [2.24, 2.45) is 5.92 Å². The zero-order chi connectivity index (χ0) is 11.5. The summed E-state index contributed by atoms with van der Waals surface area (Å²) in [5.41, 5.74) is 2.61. The highest BCUT2D eigenvalue weighted by atomic mass is 19.1. The zero-order valence-electron chi connectivity index (χ0n) is 10.3. The lowest BCUT2D eigenvalue weighted by Gasteiger charge is -2.28. The van der Waals surface area contributed by atoms with E-state index < -0.39 is 0 Å². The lowest BCUT2D eigenvalue weighted by Crippen LogP contribution is -2.13. The van der Waals surface area contributed by atoms with Crippen molar-refractivity contribution < 1.29 is 4.39 Å². The molecule has 0 unspecified atom stereocenters. The van der Waals surface area contributed by atoms with Gasteiger partial charge in [-0.15, -0.1) is 0 Å². The van der Waals surface area contributed by atoms with Crippen LogP contribution in [0.3, 0.4) is 0 Å². The van der Waals surface area contributed by atoms with Crippen molar-refractivity contribution in [3.8, 4) is 0 Å². The second kappa shape index (κ2) is 4.99. The molecule has 2 atom stereocenters. The fourth-order valence-corrected chi connectivity index (χ4v) is 3.00. The van der Waals surface area contributed by atoms with Crippen LogP contribution in [-0.4, -0.2) is 0 Å². The summed E-state index contributed by atoms with van der Waals surface area (Å²) in [7, 11) is 0. The van der Waals surface area contributed by atoms with Crippen LogP contribution in [0.15, 0.2) is 18.2 Å². The SMILES string of the molecule is CCc1cc(F)ccc1[C@@H]1CCC[C@H](C)C1. The van der Waals surface area contributed by atoms with Gasteiger partial charge in [0.2, 0.25) is 0 Å². The molecule has 2 rings (SSSR count). The van der Waals surface area contributed by atoms with Gasteiger partial charge < -0.3 is 0 Å². The predicted molar refractivity (Wildman–Crippen MR) is 66.2 cm³/mol. The standard InChI is InChI=1S/C15H21F/c1-3-12-10-14(16)7-8-15(12)13-6-4-5-11(2)9-13/h7-8,10-11,13H,3-6,9H2,1-2H3/t11-,13+/m0/s1. The van der Waals surface area contributed by atoms with E-state index in [1.54, 1.807) is 12.1 Å². The van der Waals surface area contributed by atoms with Gasteiger partial charge in [-0.1, -0.05) is 32.8 Å². The van der Waals surface area contributed by atoms with E-state index in [9.17, 15) is 4.39 Å². The van der Waals surface area contributed by atoms with E-state index in [4.69, 9.17) is 0 Å². The third kappa shape index (κ3) is 2.45. The number of aryl methyl sites for hydroxylation is 1. The molecule has 88 valence electrons. The first-order valence-electron chi connectivity index (χ1n) is 6.49. The monoisotopic (exact) mass is 220 g/mol. The number of hydrogen-bond donors (Lipinski definition) is 0. The Kier molecular flexibility index (Phi) is 3.63. The largest absolute Gasteiger partial charge is 0.207 e. The fraction of sp³-hybridized carbons (Fsp3) is 0.600. The molecule has 0 saturated heterocycles. The average Bonchev–Trinajstić information content (AvgIpc) is 2.28. The highest BCUT2D eigenvalue weighted by Gasteiger charge is 2.22. The average molecular weight is 220 g/mol. The summed E-state index contributed by atoms with van der Waals surface area (Å²) in [6.07, 6.45) is 6.19. The van der Waals surface area contributed by atoms with Crippen LogP contribution in [0, 0.1) is 11.7 Å². The lowest BCUT2D eigenvalue weighted by molar-refractivity contribution is 0.343. The molecule has 0 heterocycles. The normalized spacial score (nSPS) is 25.7. The Morgan fingerprint density at radius 2 is 2.12 bits per heavy atom. The van der Waals surface area contributed by atoms with Gasteiger partial charge in [-0.25, -0.2) is 4.39 Å². The van der Waals surface area contributed by atoms with Crippen molar-refractivity contribution in [2.75, 3.05) is 0 Å². The Morgan fingerprint density at radius 1 is 1.31 bits per heavy atom. The van der Waals surface area contributed by atoms with Crippen LogP contribution in [0.2, 0.25) is 0 Å². The highest BCUT2D eigenvalue weighted by molar-refractivity contribution is 5.31. The van der Waals surface area contributed by atoms with Crippen LogP contribution >= 0.6 is 0 Å². The van der Waals surface area contributed by atoms with Gasteiger partial charge in [-0.3, -0.25) is 0 Å². The fourth-order valence-electron chi connectivity index (χ4n) is 3.00. The maximum Gasteiger partial charge on any atom is 0.123 e. The zero-order valence-corrected chi connectivity index (χ0v) is 10.3. The van der Waals surface area contributed by atoms with Crippen LogP contribution < -0.4 is 0 Å². The van der Waals surface area contributed by atoms with Gasteiger partial charge >= 0.3 is 0 Å². The van der Waals surface area contributed by atoms with Gasteiger partial charge in [0.05, 0.1) is 0 Å². The summed E-state index contributed by atoms with van der Waals surface area (Å²) in [6, 6.07) is 5.35. The van der Waals surface area contributed by atoms with Gasteiger partial charge in [0.25, 0.3) is 0 Å². The van der Waals surface area contributed by atoms with E-state index in [2.05, 4.69) is 13.8 Å². The first-order valence-corrected chi connectivity index (χ1v) is 6.49. The molecule has 1 fully saturated rings. The molecule has 0 aliphatic heterocycles. The van der Waals surface area contributed by atoms with Gasteiger partial charge in [0, 0.05) is 0 Å². The topological polar surface area (TPSA) is 0 Å². The molecule has 0 aromatic heterocycles. The maximum atomic E-state index is 13.2. The summed E-state index contributed by atoms with van der Waals surface area (Å²) >= 11 is 0. The van der Waals surface area contributed by atoms with Gasteiger partial charge in [-0.05, 0) is 54.4 Å². The minimum Gasteiger partial charge on any atom is -0.207 e. The van der Waals surface area contributed by atoms with Crippen LogP contribution in [-0.2, 0) is 6.42 Å². The molecule has 0 nitrogen and oxygen atoms in total. The van der Waals surface area contributed by atoms with Gasteiger partial charge in [0.1, 0.15) is 5.82 Å². The van der Waals surface area contributed by atoms with E-state index >= 15 is 0 Å². The quantitative estimate of drug-likeness (QED) is 0.678. The van der Waals surface area contributed by atoms with Crippen molar-refractivity contribution in [3.63, 3.8) is 0 Å². The maximum absolute atomic E-state index is 13.2. The number of halogens is 1. The van der Waals surface area contributed by atoms with Gasteiger partial charge in [0.15, 0.2) is 0 Å². The van der Waals surface area contributed by atoms with Crippen molar-refractivity contribution in [1.29, 1.82) is 0 Å². The predicted octanol–water partition coefficient (Wildman–Crippen LogP) is 4.68. The third-order valence-electron chi connectivity index (χ3n) is 3.86. The Bertz CT molecular complexity index is 356. The lowest BCUT2D eigenvalue weighted by atomic mass is 9.77. The summed E-state index contributed by atoms with van der Waals surface area (Å²) in [5.74, 6) is 1.40. The number of rotatable bonds is 2. The number of benzene rings is 1. The van der Waals surface area contributed by atoms with E-state index in [0.717, 1.165) is 12.3 Å². The number of hydrogen-bond acceptors (Lipinski definition) is 0. The van der Waals surface area contributed by atoms with E-state index in [-0.39, 0.29) is 5.82 Å². The Morgan fingerprint density at radius 3 is 2.81 bits per heavy atom. The summed E-state index contributed by atoms with van der Waals surface area (Å²) in [6.45, 7) is 4.45. The Balaban J connectivity index is 2.24. The molecule has 0 bridgehead atoms. The second-order valence-corrected chi connectivity index (χ2v) is 5.17. The van der Waals surface area contributed by atoms with Crippen LogP contribution in [0.25, 0.3) is 0 Å². The van der Waals surface area contributed by atoms with Crippen molar-refractivity contribution in [3.05, 3.63) is 35.1 Å². The first kappa shape index (κ1) is 11.6. The molecule has 0 radical (unpaired) electrons. The van der Waals surface area contributed by atoms with E-state index in [1.807, 2.05) is 6.07 Å². The van der Waals surface area contributed by atoms with Crippen molar-refractivity contribution in [2.45, 2.75) is 51.9 Å². The minimum absolute atomic E-state index is 0.0931. The summed E-state index contributed by atoms with van der Waals surface area (Å²) in [4.78, 5) is 0. The Labute approximate surface area is 97.9 Å². The smallest absolute Gasteiger partial charge is 0.123 e. The van der Waals surface area contributed by atoms with Crippen molar-refractivity contribution in [1.82, 2.24) is 0 Å². The van der Waals surface area contributed by atoms with E-state index in [0.29, 0.717) is 5.92 Å². The molecule has 1 aliphatic carbocycles. The molecule has 1 aliphatic rings. The molecule has 0 amide bonds. The second-order valence-electron chi connectivity index (χ2n) is 5.17. The molecular formula is C15H21F. The summed E-state index contributed by atoms with van der Waals surface area (Å²) in [5, 5.41) is 0. The molecule has 0 N–H and O–H groups in total. The van der Waals surface area contributed by atoms with Crippen molar-refractivity contribution >= 4 is 0 Å². The van der Waals surface area contributed by atoms with Crippen LogP contribution in [0.5, 0.6) is 0 Å². The highest BCUT2D eigenvalue weighted by Crippen LogP contribution is 2.37. The van der Waals surface area contributed by atoms with Crippen LogP contribution in [0.4, 0.5) is 4.39 Å². The van der Waals surface area contributed by atoms with Gasteiger partial charge in [-0.2, -0.15) is 0 Å². The third-order valence-corrected chi connectivity index (χ3v) is 3.86. The Hall–Kier alpha value is -0.850. The molecule has 1 saturated carbocycles.